The van der Waals surface area contributed by atoms with E-state index in [1.165, 1.54) is 19.2 Å². The zero-order valence-corrected chi connectivity index (χ0v) is 10.5. The van der Waals surface area contributed by atoms with E-state index < -0.39 is 11.9 Å². The van der Waals surface area contributed by atoms with Crippen molar-refractivity contribution in [3.8, 4) is 5.75 Å². The standard InChI is InChI=1S/C13H20FNO2/c1-9(2)7-15-8-12(16)10-4-5-13(17-3)11(14)6-10/h4-6,9,12,15-16H,7-8H2,1-3H3. The second-order valence-electron chi connectivity index (χ2n) is 4.46. The summed E-state index contributed by atoms with van der Waals surface area (Å²) < 4.78 is 18.2. The number of aliphatic hydroxyl groups is 1. The molecule has 3 nitrogen and oxygen atoms in total. The largest absolute Gasteiger partial charge is 0.494 e. The number of hydrogen-bond acceptors (Lipinski definition) is 3. The van der Waals surface area contributed by atoms with Crippen molar-refractivity contribution in [2.75, 3.05) is 20.2 Å². The number of nitrogens with one attached hydrogen (secondary N) is 1. The van der Waals surface area contributed by atoms with Gasteiger partial charge in [0, 0.05) is 6.54 Å². The second kappa shape index (κ2) is 6.57. The lowest BCUT2D eigenvalue weighted by Crippen LogP contribution is -2.25. The maximum Gasteiger partial charge on any atom is 0.165 e. The molecule has 0 spiro atoms. The maximum absolute atomic E-state index is 13.4. The molecule has 4 heteroatoms. The van der Waals surface area contributed by atoms with Crippen LogP contribution in [-0.2, 0) is 0 Å². The van der Waals surface area contributed by atoms with Gasteiger partial charge in [-0.15, -0.1) is 0 Å². The quantitative estimate of drug-likeness (QED) is 0.801. The number of hydrogen-bond donors (Lipinski definition) is 2. The van der Waals surface area contributed by atoms with E-state index in [1.54, 1.807) is 6.07 Å². The smallest absolute Gasteiger partial charge is 0.165 e. The van der Waals surface area contributed by atoms with E-state index in [0.29, 0.717) is 18.0 Å². The second-order valence-corrected chi connectivity index (χ2v) is 4.46. The van der Waals surface area contributed by atoms with Gasteiger partial charge in [0.15, 0.2) is 11.6 Å². The van der Waals surface area contributed by atoms with Gasteiger partial charge in [-0.25, -0.2) is 4.39 Å². The lowest BCUT2D eigenvalue weighted by molar-refractivity contribution is 0.173. The van der Waals surface area contributed by atoms with E-state index in [4.69, 9.17) is 4.74 Å². The lowest BCUT2D eigenvalue weighted by atomic mass is 10.1. The number of benzene rings is 1. The van der Waals surface area contributed by atoms with Crippen molar-refractivity contribution >= 4 is 0 Å². The van der Waals surface area contributed by atoms with Crippen molar-refractivity contribution in [2.24, 2.45) is 5.92 Å². The Bertz CT molecular complexity index is 355. The average molecular weight is 241 g/mol. The van der Waals surface area contributed by atoms with Gasteiger partial charge in [-0.2, -0.15) is 0 Å². The van der Waals surface area contributed by atoms with Gasteiger partial charge < -0.3 is 15.2 Å². The first kappa shape index (κ1) is 13.9. The predicted octanol–water partition coefficient (Wildman–Crippen LogP) is 2.11. The highest BCUT2D eigenvalue weighted by molar-refractivity contribution is 5.30. The Kier molecular flexibility index (Phi) is 5.38. The van der Waals surface area contributed by atoms with Crippen molar-refractivity contribution in [2.45, 2.75) is 20.0 Å². The molecule has 1 aromatic carbocycles. The molecule has 0 saturated carbocycles. The van der Waals surface area contributed by atoms with Crippen LogP contribution in [0.2, 0.25) is 0 Å². The van der Waals surface area contributed by atoms with Crippen LogP contribution in [0.5, 0.6) is 5.75 Å². The van der Waals surface area contributed by atoms with E-state index in [9.17, 15) is 9.50 Å². The number of aliphatic hydroxyl groups excluding tert-OH is 1. The summed E-state index contributed by atoms with van der Waals surface area (Å²) in [5, 5.41) is 13.0. The summed E-state index contributed by atoms with van der Waals surface area (Å²) in [6.07, 6.45) is -0.700. The van der Waals surface area contributed by atoms with Crippen LogP contribution in [0.25, 0.3) is 0 Å². The molecule has 1 atom stereocenters. The molecule has 0 bridgehead atoms. The Morgan fingerprint density at radius 2 is 2.06 bits per heavy atom. The van der Waals surface area contributed by atoms with Gasteiger partial charge in [-0.3, -0.25) is 0 Å². The number of halogens is 1. The molecule has 17 heavy (non-hydrogen) atoms. The molecule has 0 aliphatic carbocycles. The van der Waals surface area contributed by atoms with E-state index in [0.717, 1.165) is 6.54 Å². The summed E-state index contributed by atoms with van der Waals surface area (Å²) in [4.78, 5) is 0. The van der Waals surface area contributed by atoms with Crippen molar-refractivity contribution in [3.63, 3.8) is 0 Å². The SMILES string of the molecule is COc1ccc(C(O)CNCC(C)C)cc1F. The first-order chi connectivity index (χ1) is 8.04. The van der Waals surface area contributed by atoms with Crippen LogP contribution in [0.1, 0.15) is 25.5 Å². The van der Waals surface area contributed by atoms with Gasteiger partial charge in [0.2, 0.25) is 0 Å². The summed E-state index contributed by atoms with van der Waals surface area (Å²) in [6, 6.07) is 4.50. The molecule has 0 heterocycles. The van der Waals surface area contributed by atoms with Crippen LogP contribution in [0.4, 0.5) is 4.39 Å². The van der Waals surface area contributed by atoms with Crippen molar-refractivity contribution in [1.82, 2.24) is 5.32 Å². The molecule has 0 aromatic heterocycles. The normalized spacial score (nSPS) is 12.8. The summed E-state index contributed by atoms with van der Waals surface area (Å²) in [5.74, 6) is 0.263. The zero-order chi connectivity index (χ0) is 12.8. The van der Waals surface area contributed by atoms with Gasteiger partial charge in [0.05, 0.1) is 13.2 Å². The average Bonchev–Trinajstić information content (AvgIpc) is 2.28. The minimum atomic E-state index is -0.700. The van der Waals surface area contributed by atoms with Gasteiger partial charge in [0.25, 0.3) is 0 Å². The monoisotopic (exact) mass is 241 g/mol. The fourth-order valence-electron chi connectivity index (χ4n) is 1.52. The van der Waals surface area contributed by atoms with Gasteiger partial charge in [0.1, 0.15) is 0 Å². The first-order valence-electron chi connectivity index (χ1n) is 5.76. The van der Waals surface area contributed by atoms with Crippen molar-refractivity contribution in [1.29, 1.82) is 0 Å². The Morgan fingerprint density at radius 1 is 1.35 bits per heavy atom. The van der Waals surface area contributed by atoms with Gasteiger partial charge >= 0.3 is 0 Å². The molecule has 0 saturated heterocycles. The maximum atomic E-state index is 13.4. The number of methoxy groups -OCH3 is 1. The third-order valence-corrected chi connectivity index (χ3v) is 2.45. The van der Waals surface area contributed by atoms with E-state index >= 15 is 0 Å². The third kappa shape index (κ3) is 4.32. The predicted molar refractivity (Wildman–Crippen MR) is 65.6 cm³/mol. The highest BCUT2D eigenvalue weighted by atomic mass is 19.1. The van der Waals surface area contributed by atoms with Crippen molar-refractivity contribution < 1.29 is 14.2 Å². The summed E-state index contributed by atoms with van der Waals surface area (Å²) in [7, 11) is 1.42. The molecule has 0 fully saturated rings. The van der Waals surface area contributed by atoms with E-state index in [1.807, 2.05) is 0 Å². The Balaban J connectivity index is 2.57. The summed E-state index contributed by atoms with van der Waals surface area (Å²) in [6.45, 7) is 5.43. The minimum Gasteiger partial charge on any atom is -0.494 e. The Labute approximate surface area is 102 Å². The number of ether oxygens (including phenoxy) is 1. The molecule has 2 N–H and O–H groups in total. The van der Waals surface area contributed by atoms with Crippen LogP contribution < -0.4 is 10.1 Å². The van der Waals surface area contributed by atoms with E-state index in [2.05, 4.69) is 19.2 Å². The Morgan fingerprint density at radius 3 is 2.59 bits per heavy atom. The fourth-order valence-corrected chi connectivity index (χ4v) is 1.52. The highest BCUT2D eigenvalue weighted by Crippen LogP contribution is 2.21. The van der Waals surface area contributed by atoms with Gasteiger partial charge in [-0.05, 0) is 30.2 Å². The Hall–Kier alpha value is -1.13. The third-order valence-electron chi connectivity index (χ3n) is 2.45. The molecule has 1 rings (SSSR count). The zero-order valence-electron chi connectivity index (χ0n) is 10.5. The molecule has 0 aliphatic heterocycles. The van der Waals surface area contributed by atoms with Crippen LogP contribution in [0.15, 0.2) is 18.2 Å². The molecular weight excluding hydrogens is 221 g/mol. The summed E-state index contributed by atoms with van der Waals surface area (Å²) >= 11 is 0. The lowest BCUT2D eigenvalue weighted by Gasteiger charge is -2.14. The van der Waals surface area contributed by atoms with Crippen LogP contribution in [-0.4, -0.2) is 25.3 Å². The molecule has 0 radical (unpaired) electrons. The molecule has 0 aliphatic rings. The highest BCUT2D eigenvalue weighted by Gasteiger charge is 2.10. The van der Waals surface area contributed by atoms with Crippen LogP contribution in [0, 0.1) is 11.7 Å². The van der Waals surface area contributed by atoms with E-state index in [-0.39, 0.29) is 5.75 Å². The first-order valence-corrected chi connectivity index (χ1v) is 5.76. The van der Waals surface area contributed by atoms with Gasteiger partial charge in [-0.1, -0.05) is 19.9 Å². The minimum absolute atomic E-state index is 0.191. The molecule has 0 amide bonds. The topological polar surface area (TPSA) is 41.5 Å². The van der Waals surface area contributed by atoms with Crippen LogP contribution >= 0.6 is 0 Å². The van der Waals surface area contributed by atoms with Crippen LogP contribution in [0.3, 0.4) is 0 Å². The summed E-state index contributed by atoms with van der Waals surface area (Å²) in [5.41, 5.74) is 0.555. The van der Waals surface area contributed by atoms with Crippen molar-refractivity contribution in [3.05, 3.63) is 29.6 Å². The molecular formula is C13H20FNO2. The molecule has 1 unspecified atom stereocenters. The number of rotatable bonds is 6. The molecule has 1 aromatic rings. The fraction of sp³-hybridized carbons (Fsp3) is 0.538. The molecule has 96 valence electrons.